The van der Waals surface area contributed by atoms with Gasteiger partial charge < -0.3 is 15.7 Å². The van der Waals surface area contributed by atoms with Crippen molar-refractivity contribution in [3.8, 4) is 11.3 Å². The van der Waals surface area contributed by atoms with Gasteiger partial charge in [-0.2, -0.15) is 0 Å². The first-order valence-electron chi connectivity index (χ1n) is 9.46. The monoisotopic (exact) mass is 418 g/mol. The molecule has 0 aliphatic heterocycles. The summed E-state index contributed by atoms with van der Waals surface area (Å²) in [5.74, 6) is 6.88. The second-order valence-electron chi connectivity index (χ2n) is 6.78. The van der Waals surface area contributed by atoms with Crippen LogP contribution >= 0.6 is 11.8 Å². The number of hydrogen-bond acceptors (Lipinski definition) is 5. The number of nitrogen functional groups attached to an aromatic ring is 1. The van der Waals surface area contributed by atoms with Crippen molar-refractivity contribution in [3.63, 3.8) is 0 Å². The molecule has 8 heteroatoms. The van der Waals surface area contributed by atoms with Crippen LogP contribution in [0, 0.1) is 0 Å². The molecule has 0 fully saturated rings. The number of benzene rings is 2. The molecule has 0 bridgehead atoms. The topological polar surface area (TPSA) is 90.8 Å². The van der Waals surface area contributed by atoms with Gasteiger partial charge in [0, 0.05) is 25.0 Å². The Kier molecular flexibility index (Phi) is 5.85. The average molecular weight is 419 g/mol. The molecule has 3 N–H and O–H groups in total. The second-order valence-corrected chi connectivity index (χ2v) is 7.72. The molecule has 152 valence electrons. The van der Waals surface area contributed by atoms with E-state index in [1.807, 2.05) is 78.5 Å². The third-order valence-electron chi connectivity index (χ3n) is 4.66. The predicted molar refractivity (Wildman–Crippen MR) is 118 cm³/mol. The number of imidazole rings is 2. The minimum atomic E-state index is -0.336. The molecular weight excluding hydrogens is 396 g/mol. The number of rotatable bonds is 7. The van der Waals surface area contributed by atoms with Gasteiger partial charge >= 0.3 is 0 Å². The van der Waals surface area contributed by atoms with Gasteiger partial charge in [-0.1, -0.05) is 72.4 Å². The van der Waals surface area contributed by atoms with Gasteiger partial charge in [-0.05, 0) is 5.56 Å². The Morgan fingerprint density at radius 3 is 2.50 bits per heavy atom. The highest BCUT2D eigenvalue weighted by Gasteiger charge is 2.21. The van der Waals surface area contributed by atoms with Gasteiger partial charge in [0.25, 0.3) is 0 Å². The number of nitrogens with one attached hydrogen (secondary N) is 1. The number of carbonyl (C=O) groups excluding carboxylic acids is 1. The highest BCUT2D eigenvalue weighted by Crippen LogP contribution is 2.24. The lowest BCUT2D eigenvalue weighted by atomic mass is 10.1. The summed E-state index contributed by atoms with van der Waals surface area (Å²) in [6.45, 7) is 0. The van der Waals surface area contributed by atoms with Crippen LogP contribution in [0.2, 0.25) is 0 Å². The maximum atomic E-state index is 12.7. The molecule has 7 nitrogen and oxygen atoms in total. The maximum absolute atomic E-state index is 12.7. The van der Waals surface area contributed by atoms with Crippen molar-refractivity contribution in [1.29, 1.82) is 0 Å². The number of thioether (sulfide) groups is 1. The second kappa shape index (κ2) is 8.87. The van der Waals surface area contributed by atoms with E-state index < -0.39 is 0 Å². The van der Waals surface area contributed by atoms with Gasteiger partial charge in [-0.15, -0.1) is 0 Å². The Bertz CT molecular complexity index is 1120. The molecular formula is C22H22N6OS. The van der Waals surface area contributed by atoms with E-state index in [2.05, 4.69) is 15.3 Å². The largest absolute Gasteiger partial charge is 0.341 e. The van der Waals surface area contributed by atoms with Crippen LogP contribution in [0.25, 0.3) is 11.3 Å². The number of aryl methyl sites for hydroxylation is 1. The van der Waals surface area contributed by atoms with Crippen LogP contribution in [-0.2, 0) is 11.8 Å². The van der Waals surface area contributed by atoms with E-state index in [1.165, 1.54) is 16.4 Å². The third-order valence-corrected chi connectivity index (χ3v) is 5.62. The molecule has 2 heterocycles. The van der Waals surface area contributed by atoms with Crippen LogP contribution < -0.4 is 11.2 Å². The summed E-state index contributed by atoms with van der Waals surface area (Å²) in [6.07, 6.45) is 5.35. The van der Waals surface area contributed by atoms with Gasteiger partial charge in [0.15, 0.2) is 5.16 Å². The normalized spacial score (nSPS) is 11.9. The molecule has 0 saturated heterocycles. The van der Waals surface area contributed by atoms with Crippen molar-refractivity contribution in [2.75, 3.05) is 11.6 Å². The molecule has 0 aliphatic rings. The molecule has 0 spiro atoms. The first kappa shape index (κ1) is 19.8. The zero-order chi connectivity index (χ0) is 20.9. The fourth-order valence-corrected chi connectivity index (χ4v) is 3.87. The van der Waals surface area contributed by atoms with Crippen molar-refractivity contribution in [2.45, 2.75) is 11.2 Å². The zero-order valence-corrected chi connectivity index (χ0v) is 17.3. The molecule has 1 atom stereocenters. The molecule has 0 saturated carbocycles. The number of hydrogen-bond donors (Lipinski definition) is 2. The SMILES string of the molecule is Cn1ccnc1C(NC(=O)CSc1nc(-c2ccccc2)cn1N)c1ccccc1. The van der Waals surface area contributed by atoms with Crippen LogP contribution in [0.4, 0.5) is 0 Å². The van der Waals surface area contributed by atoms with E-state index in [4.69, 9.17) is 5.84 Å². The zero-order valence-electron chi connectivity index (χ0n) is 16.5. The molecule has 2 aromatic carbocycles. The maximum Gasteiger partial charge on any atom is 0.231 e. The molecule has 2 aromatic heterocycles. The van der Waals surface area contributed by atoms with Gasteiger partial charge in [0.05, 0.1) is 17.6 Å². The summed E-state index contributed by atoms with van der Waals surface area (Å²) >= 11 is 1.30. The summed E-state index contributed by atoms with van der Waals surface area (Å²) in [4.78, 5) is 21.7. The quantitative estimate of drug-likeness (QED) is 0.356. The summed E-state index contributed by atoms with van der Waals surface area (Å²) in [5, 5.41) is 3.66. The summed E-state index contributed by atoms with van der Waals surface area (Å²) in [7, 11) is 1.91. The lowest BCUT2D eigenvalue weighted by Gasteiger charge is -2.19. The van der Waals surface area contributed by atoms with E-state index in [9.17, 15) is 4.79 Å². The van der Waals surface area contributed by atoms with E-state index in [0.29, 0.717) is 5.16 Å². The fourth-order valence-electron chi connectivity index (χ4n) is 3.16. The minimum absolute atomic E-state index is 0.124. The Balaban J connectivity index is 1.46. The fraction of sp³-hybridized carbons (Fsp3) is 0.136. The van der Waals surface area contributed by atoms with Crippen LogP contribution in [0.3, 0.4) is 0 Å². The first-order valence-corrected chi connectivity index (χ1v) is 10.4. The molecule has 1 unspecified atom stereocenters. The molecule has 0 radical (unpaired) electrons. The average Bonchev–Trinajstić information content (AvgIpc) is 3.37. The van der Waals surface area contributed by atoms with Crippen molar-refractivity contribution in [2.24, 2.45) is 7.05 Å². The third kappa shape index (κ3) is 4.38. The van der Waals surface area contributed by atoms with Gasteiger partial charge in [-0.25, -0.2) is 14.6 Å². The van der Waals surface area contributed by atoms with Gasteiger partial charge in [-0.3, -0.25) is 4.79 Å². The van der Waals surface area contributed by atoms with Crippen LogP contribution in [0.15, 0.2) is 84.4 Å². The lowest BCUT2D eigenvalue weighted by molar-refractivity contribution is -0.119. The number of aromatic nitrogens is 4. The van der Waals surface area contributed by atoms with Gasteiger partial charge in [0.2, 0.25) is 5.91 Å². The molecule has 1 amide bonds. The van der Waals surface area contributed by atoms with Gasteiger partial charge in [0.1, 0.15) is 11.9 Å². The molecule has 0 aliphatic carbocycles. The van der Waals surface area contributed by atoms with E-state index in [1.54, 1.807) is 12.4 Å². The number of nitrogens with zero attached hydrogens (tertiary/aromatic N) is 4. The Morgan fingerprint density at radius 1 is 1.13 bits per heavy atom. The lowest BCUT2D eigenvalue weighted by Crippen LogP contribution is -2.32. The number of amides is 1. The number of carbonyl (C=O) groups is 1. The number of nitrogens with two attached hydrogens (primary N) is 1. The summed E-state index contributed by atoms with van der Waals surface area (Å²) < 4.78 is 3.36. The molecule has 4 rings (SSSR count). The summed E-state index contributed by atoms with van der Waals surface area (Å²) in [5.41, 5.74) is 2.72. The Morgan fingerprint density at radius 2 is 1.83 bits per heavy atom. The van der Waals surface area contributed by atoms with Crippen molar-refractivity contribution in [3.05, 3.63) is 90.6 Å². The van der Waals surface area contributed by atoms with Crippen molar-refractivity contribution < 1.29 is 4.79 Å². The molecule has 30 heavy (non-hydrogen) atoms. The Labute approximate surface area is 178 Å². The minimum Gasteiger partial charge on any atom is -0.341 e. The first-order chi connectivity index (χ1) is 14.6. The van der Waals surface area contributed by atoms with Crippen LogP contribution in [0.5, 0.6) is 0 Å². The van der Waals surface area contributed by atoms with E-state index in [0.717, 1.165) is 22.6 Å². The van der Waals surface area contributed by atoms with E-state index >= 15 is 0 Å². The standard InChI is InChI=1S/C22H22N6OS/c1-27-13-12-24-21(27)20(17-10-6-3-7-11-17)26-19(29)15-30-22-25-18(14-28(22)23)16-8-4-2-5-9-16/h2-14,20H,15,23H2,1H3,(H,26,29). The van der Waals surface area contributed by atoms with Crippen LogP contribution in [-0.4, -0.2) is 30.9 Å². The van der Waals surface area contributed by atoms with Crippen LogP contribution in [0.1, 0.15) is 17.4 Å². The molecule has 4 aromatic rings. The predicted octanol–water partition coefficient (Wildman–Crippen LogP) is 3.00. The Hall–Kier alpha value is -3.52. The highest BCUT2D eigenvalue weighted by atomic mass is 32.2. The smallest absolute Gasteiger partial charge is 0.231 e. The highest BCUT2D eigenvalue weighted by molar-refractivity contribution is 7.99. The van der Waals surface area contributed by atoms with Crippen molar-refractivity contribution >= 4 is 17.7 Å². The summed E-state index contributed by atoms with van der Waals surface area (Å²) in [6, 6.07) is 19.3. The van der Waals surface area contributed by atoms with E-state index in [-0.39, 0.29) is 17.7 Å². The van der Waals surface area contributed by atoms with Crippen molar-refractivity contribution in [1.82, 2.24) is 24.5 Å².